The van der Waals surface area contributed by atoms with E-state index in [-0.39, 0.29) is 5.69 Å². The maximum Gasteiger partial charge on any atom is 0.418 e. The predicted molar refractivity (Wildman–Crippen MR) is 81.5 cm³/mol. The van der Waals surface area contributed by atoms with E-state index in [4.69, 9.17) is 9.47 Å². The molecule has 0 unspecified atom stereocenters. The molecule has 1 aliphatic rings. The lowest BCUT2D eigenvalue weighted by molar-refractivity contribution is -0.136. The fourth-order valence-corrected chi connectivity index (χ4v) is 2.25. The summed E-state index contributed by atoms with van der Waals surface area (Å²) in [6.07, 6.45) is -4.55. The molecule has 24 heavy (non-hydrogen) atoms. The van der Waals surface area contributed by atoms with Crippen LogP contribution in [0.5, 0.6) is 11.5 Å². The highest BCUT2D eigenvalue weighted by Gasteiger charge is 2.33. The summed E-state index contributed by atoms with van der Waals surface area (Å²) in [4.78, 5) is 12.0. The molecule has 1 heterocycles. The molecule has 0 aromatic heterocycles. The second-order valence-electron chi connectivity index (χ2n) is 4.98. The van der Waals surface area contributed by atoms with Gasteiger partial charge in [-0.15, -0.1) is 0 Å². The van der Waals surface area contributed by atoms with E-state index in [1.165, 1.54) is 18.2 Å². The molecule has 0 fully saturated rings. The van der Waals surface area contributed by atoms with Gasteiger partial charge in [0, 0.05) is 11.8 Å². The molecule has 2 aromatic carbocycles. The SMILES string of the molecule is O=C(Nc1ccc2c(c1)OCCO2)Nc1ccccc1C(F)(F)F. The zero-order valence-electron chi connectivity index (χ0n) is 12.3. The first-order valence-electron chi connectivity index (χ1n) is 7.07. The van der Waals surface area contributed by atoms with Gasteiger partial charge in [0.1, 0.15) is 13.2 Å². The van der Waals surface area contributed by atoms with E-state index in [0.29, 0.717) is 30.4 Å². The number of anilines is 2. The highest BCUT2D eigenvalue weighted by molar-refractivity contribution is 6.00. The molecule has 0 saturated carbocycles. The van der Waals surface area contributed by atoms with Crippen molar-refractivity contribution >= 4 is 17.4 Å². The molecule has 0 bridgehead atoms. The van der Waals surface area contributed by atoms with Crippen molar-refractivity contribution in [1.29, 1.82) is 0 Å². The van der Waals surface area contributed by atoms with Gasteiger partial charge in [0.25, 0.3) is 0 Å². The van der Waals surface area contributed by atoms with Crippen molar-refractivity contribution in [3.05, 3.63) is 48.0 Å². The fraction of sp³-hybridized carbons (Fsp3) is 0.188. The molecule has 5 nitrogen and oxygen atoms in total. The number of carbonyl (C=O) groups excluding carboxylic acids is 1. The van der Waals surface area contributed by atoms with Gasteiger partial charge in [-0.05, 0) is 24.3 Å². The third-order valence-electron chi connectivity index (χ3n) is 3.28. The largest absolute Gasteiger partial charge is 0.486 e. The minimum absolute atomic E-state index is 0.319. The van der Waals surface area contributed by atoms with Crippen LogP contribution in [0, 0.1) is 0 Å². The number of hydrogen-bond acceptors (Lipinski definition) is 3. The van der Waals surface area contributed by atoms with Crippen molar-refractivity contribution in [3.63, 3.8) is 0 Å². The predicted octanol–water partition coefficient (Wildman–Crippen LogP) is 4.12. The third-order valence-corrected chi connectivity index (χ3v) is 3.28. The Balaban J connectivity index is 1.73. The van der Waals surface area contributed by atoms with E-state index < -0.39 is 17.8 Å². The number of nitrogens with one attached hydrogen (secondary N) is 2. The number of alkyl halides is 3. The molecule has 0 spiro atoms. The molecule has 1 aliphatic heterocycles. The molecule has 0 radical (unpaired) electrons. The molecule has 3 rings (SSSR count). The van der Waals surface area contributed by atoms with Crippen LogP contribution in [0.25, 0.3) is 0 Å². The number of benzene rings is 2. The van der Waals surface area contributed by atoms with Crippen molar-refractivity contribution < 1.29 is 27.4 Å². The van der Waals surface area contributed by atoms with Gasteiger partial charge in [-0.3, -0.25) is 0 Å². The second kappa shape index (κ2) is 6.31. The lowest BCUT2D eigenvalue weighted by Crippen LogP contribution is -2.22. The number of para-hydroxylation sites is 1. The normalized spacial score (nSPS) is 13.3. The van der Waals surface area contributed by atoms with Crippen LogP contribution in [0.15, 0.2) is 42.5 Å². The third kappa shape index (κ3) is 3.53. The fourth-order valence-electron chi connectivity index (χ4n) is 2.25. The second-order valence-corrected chi connectivity index (χ2v) is 4.98. The molecule has 126 valence electrons. The van der Waals surface area contributed by atoms with E-state index >= 15 is 0 Å². The summed E-state index contributed by atoms with van der Waals surface area (Å²) < 4.78 is 49.5. The maximum absolute atomic E-state index is 12.9. The number of hydrogen-bond donors (Lipinski definition) is 2. The summed E-state index contributed by atoms with van der Waals surface area (Å²) >= 11 is 0. The van der Waals surface area contributed by atoms with E-state index in [0.717, 1.165) is 6.07 Å². The van der Waals surface area contributed by atoms with Gasteiger partial charge in [0.15, 0.2) is 11.5 Å². The molecule has 0 saturated heterocycles. The van der Waals surface area contributed by atoms with Crippen LogP contribution in [0.3, 0.4) is 0 Å². The summed E-state index contributed by atoms with van der Waals surface area (Å²) in [5, 5.41) is 4.67. The van der Waals surface area contributed by atoms with E-state index in [1.807, 2.05) is 0 Å². The summed E-state index contributed by atoms with van der Waals surface area (Å²) in [6.45, 7) is 0.829. The summed E-state index contributed by atoms with van der Waals surface area (Å²) in [7, 11) is 0. The standard InChI is InChI=1S/C16H13F3N2O3/c17-16(18,19)11-3-1-2-4-12(11)21-15(22)20-10-5-6-13-14(9-10)24-8-7-23-13/h1-6,9H,7-8H2,(H2,20,21,22). The number of amides is 2. The number of urea groups is 1. The molecule has 2 N–H and O–H groups in total. The van der Waals surface area contributed by atoms with E-state index in [9.17, 15) is 18.0 Å². The molecular formula is C16H13F3N2O3. The van der Waals surface area contributed by atoms with Crippen molar-refractivity contribution in [2.75, 3.05) is 23.8 Å². The number of ether oxygens (including phenoxy) is 2. The maximum atomic E-state index is 12.9. The Kier molecular flexibility index (Phi) is 4.20. The van der Waals surface area contributed by atoms with Gasteiger partial charge in [-0.1, -0.05) is 12.1 Å². The molecule has 8 heteroatoms. The monoisotopic (exact) mass is 338 g/mol. The Hall–Kier alpha value is -2.90. The van der Waals surface area contributed by atoms with Crippen LogP contribution < -0.4 is 20.1 Å². The van der Waals surface area contributed by atoms with Crippen molar-refractivity contribution in [1.82, 2.24) is 0 Å². The van der Waals surface area contributed by atoms with Crippen LogP contribution in [0.2, 0.25) is 0 Å². The first kappa shape index (κ1) is 16.0. The number of fused-ring (bicyclic) bond motifs is 1. The molecule has 0 atom stereocenters. The average Bonchev–Trinajstić information content (AvgIpc) is 2.54. The number of carbonyl (C=O) groups is 1. The van der Waals surface area contributed by atoms with Gasteiger partial charge < -0.3 is 20.1 Å². The average molecular weight is 338 g/mol. The molecule has 2 amide bonds. The lowest BCUT2D eigenvalue weighted by atomic mass is 10.1. The first-order valence-corrected chi connectivity index (χ1v) is 7.07. The van der Waals surface area contributed by atoms with Crippen LogP contribution in [-0.2, 0) is 6.18 Å². The Bertz CT molecular complexity index is 762. The number of halogens is 3. The highest BCUT2D eigenvalue weighted by atomic mass is 19.4. The van der Waals surface area contributed by atoms with E-state index in [2.05, 4.69) is 10.6 Å². The minimum atomic E-state index is -4.55. The Labute approximate surface area is 135 Å². The number of rotatable bonds is 2. The summed E-state index contributed by atoms with van der Waals surface area (Å²) in [5.41, 5.74) is -0.858. The quantitative estimate of drug-likeness (QED) is 0.866. The van der Waals surface area contributed by atoms with Gasteiger partial charge in [-0.2, -0.15) is 13.2 Å². The zero-order chi connectivity index (χ0) is 17.2. The van der Waals surface area contributed by atoms with Crippen molar-refractivity contribution in [2.24, 2.45) is 0 Å². The van der Waals surface area contributed by atoms with Gasteiger partial charge in [-0.25, -0.2) is 4.79 Å². The summed E-state index contributed by atoms with van der Waals surface area (Å²) in [6, 6.07) is 8.71. The van der Waals surface area contributed by atoms with Gasteiger partial charge in [0.05, 0.1) is 11.3 Å². The first-order chi connectivity index (χ1) is 11.4. The van der Waals surface area contributed by atoms with Crippen molar-refractivity contribution in [2.45, 2.75) is 6.18 Å². The van der Waals surface area contributed by atoms with Crippen LogP contribution >= 0.6 is 0 Å². The molecule has 2 aromatic rings. The molecule has 0 aliphatic carbocycles. The Morgan fingerprint density at radius 2 is 1.67 bits per heavy atom. The minimum Gasteiger partial charge on any atom is -0.486 e. The highest BCUT2D eigenvalue weighted by Crippen LogP contribution is 2.35. The van der Waals surface area contributed by atoms with Gasteiger partial charge in [0.2, 0.25) is 0 Å². The van der Waals surface area contributed by atoms with Crippen LogP contribution in [0.4, 0.5) is 29.3 Å². The smallest absolute Gasteiger partial charge is 0.418 e. The van der Waals surface area contributed by atoms with E-state index in [1.54, 1.807) is 18.2 Å². The Morgan fingerprint density at radius 1 is 0.958 bits per heavy atom. The van der Waals surface area contributed by atoms with Crippen LogP contribution in [-0.4, -0.2) is 19.2 Å². The zero-order valence-corrected chi connectivity index (χ0v) is 12.3. The molecular weight excluding hydrogens is 325 g/mol. The van der Waals surface area contributed by atoms with Crippen LogP contribution in [0.1, 0.15) is 5.56 Å². The Morgan fingerprint density at radius 3 is 2.42 bits per heavy atom. The topological polar surface area (TPSA) is 59.6 Å². The van der Waals surface area contributed by atoms with Gasteiger partial charge >= 0.3 is 12.2 Å². The summed E-state index contributed by atoms with van der Waals surface area (Å²) in [5.74, 6) is 1.02. The van der Waals surface area contributed by atoms with Crippen molar-refractivity contribution in [3.8, 4) is 11.5 Å². The lowest BCUT2D eigenvalue weighted by Gasteiger charge is -2.19.